The van der Waals surface area contributed by atoms with Crippen LogP contribution in [0.2, 0.25) is 0 Å². The fourth-order valence-electron chi connectivity index (χ4n) is 1.77. The van der Waals surface area contributed by atoms with Gasteiger partial charge in [0.2, 0.25) is 0 Å². The van der Waals surface area contributed by atoms with Crippen LogP contribution in [-0.4, -0.2) is 25.2 Å². The van der Waals surface area contributed by atoms with Gasteiger partial charge in [0.15, 0.2) is 0 Å². The summed E-state index contributed by atoms with van der Waals surface area (Å²) in [5, 5.41) is 6.92. The van der Waals surface area contributed by atoms with Crippen molar-refractivity contribution in [3.8, 4) is 0 Å². The molecule has 1 saturated heterocycles. The molecule has 1 fully saturated rings. The average molecular weight is 180 g/mol. The van der Waals surface area contributed by atoms with E-state index >= 15 is 0 Å². The topological polar surface area (TPSA) is 37.2 Å². The van der Waals surface area contributed by atoms with Gasteiger partial charge in [0.1, 0.15) is 5.76 Å². The zero-order chi connectivity index (χ0) is 9.10. The molecule has 0 radical (unpaired) electrons. The Hall–Kier alpha value is -0.800. The SMILES string of the molecule is CC1NCCNC1Cc1ccco1. The summed E-state index contributed by atoms with van der Waals surface area (Å²) >= 11 is 0. The Balaban J connectivity index is 1.93. The third kappa shape index (κ3) is 2.11. The van der Waals surface area contributed by atoms with Gasteiger partial charge < -0.3 is 15.1 Å². The number of piperazine rings is 1. The molecule has 0 aromatic carbocycles. The molecule has 3 nitrogen and oxygen atoms in total. The molecule has 2 rings (SSSR count). The molecule has 1 aromatic heterocycles. The molecular weight excluding hydrogens is 164 g/mol. The van der Waals surface area contributed by atoms with Crippen LogP contribution in [0.1, 0.15) is 12.7 Å². The minimum atomic E-state index is 0.500. The molecule has 2 heterocycles. The maximum atomic E-state index is 5.32. The standard InChI is InChI=1S/C10H16N2O/c1-8-10(12-5-4-11-8)7-9-3-2-6-13-9/h2-3,6,8,10-12H,4-5,7H2,1H3. The number of hydrogen-bond donors (Lipinski definition) is 2. The molecule has 1 aliphatic rings. The quantitative estimate of drug-likeness (QED) is 0.706. The summed E-state index contributed by atoms with van der Waals surface area (Å²) in [5.41, 5.74) is 0. The van der Waals surface area contributed by atoms with Gasteiger partial charge in [0.25, 0.3) is 0 Å². The lowest BCUT2D eigenvalue weighted by atomic mass is 10.0. The summed E-state index contributed by atoms with van der Waals surface area (Å²) in [4.78, 5) is 0. The zero-order valence-corrected chi connectivity index (χ0v) is 7.92. The summed E-state index contributed by atoms with van der Waals surface area (Å²) in [6, 6.07) is 5.00. The van der Waals surface area contributed by atoms with Gasteiger partial charge >= 0.3 is 0 Å². The molecule has 13 heavy (non-hydrogen) atoms. The van der Waals surface area contributed by atoms with E-state index in [2.05, 4.69) is 17.6 Å². The van der Waals surface area contributed by atoms with E-state index in [1.807, 2.05) is 12.1 Å². The highest BCUT2D eigenvalue weighted by molar-refractivity contribution is 5.02. The van der Waals surface area contributed by atoms with E-state index in [4.69, 9.17) is 4.42 Å². The average Bonchev–Trinajstić information content (AvgIpc) is 2.61. The Morgan fingerprint density at radius 3 is 3.00 bits per heavy atom. The van der Waals surface area contributed by atoms with Crippen LogP contribution >= 0.6 is 0 Å². The maximum absolute atomic E-state index is 5.32. The second kappa shape index (κ2) is 3.94. The third-order valence-corrected chi connectivity index (χ3v) is 2.60. The van der Waals surface area contributed by atoms with Crippen molar-refractivity contribution >= 4 is 0 Å². The smallest absolute Gasteiger partial charge is 0.105 e. The highest BCUT2D eigenvalue weighted by Crippen LogP contribution is 2.08. The Labute approximate surface area is 78.5 Å². The van der Waals surface area contributed by atoms with Gasteiger partial charge in [-0.3, -0.25) is 0 Å². The van der Waals surface area contributed by atoms with Gasteiger partial charge in [0, 0.05) is 31.6 Å². The van der Waals surface area contributed by atoms with Gasteiger partial charge in [-0.05, 0) is 19.1 Å². The molecule has 0 amide bonds. The second-order valence-corrected chi connectivity index (χ2v) is 3.59. The molecule has 0 saturated carbocycles. The van der Waals surface area contributed by atoms with E-state index in [1.165, 1.54) is 0 Å². The molecule has 0 aliphatic carbocycles. The fraction of sp³-hybridized carbons (Fsp3) is 0.600. The highest BCUT2D eigenvalue weighted by Gasteiger charge is 2.20. The Morgan fingerprint density at radius 1 is 1.46 bits per heavy atom. The van der Waals surface area contributed by atoms with Crippen LogP contribution in [0.25, 0.3) is 0 Å². The van der Waals surface area contributed by atoms with Crippen molar-refractivity contribution in [1.29, 1.82) is 0 Å². The molecule has 72 valence electrons. The van der Waals surface area contributed by atoms with Crippen LogP contribution in [-0.2, 0) is 6.42 Å². The molecule has 2 unspecified atom stereocenters. The van der Waals surface area contributed by atoms with E-state index in [9.17, 15) is 0 Å². The first-order valence-corrected chi connectivity index (χ1v) is 4.85. The van der Waals surface area contributed by atoms with Gasteiger partial charge in [0.05, 0.1) is 6.26 Å². The summed E-state index contributed by atoms with van der Waals surface area (Å²) in [5.74, 6) is 1.06. The van der Waals surface area contributed by atoms with Crippen LogP contribution < -0.4 is 10.6 Å². The highest BCUT2D eigenvalue weighted by atomic mass is 16.3. The van der Waals surface area contributed by atoms with Crippen molar-refractivity contribution < 1.29 is 4.42 Å². The normalized spacial score (nSPS) is 29.0. The summed E-state index contributed by atoms with van der Waals surface area (Å²) < 4.78 is 5.32. The lowest BCUT2D eigenvalue weighted by molar-refractivity contribution is 0.321. The molecule has 0 spiro atoms. The summed E-state index contributed by atoms with van der Waals surface area (Å²) in [7, 11) is 0. The van der Waals surface area contributed by atoms with Crippen LogP contribution in [0.4, 0.5) is 0 Å². The lowest BCUT2D eigenvalue weighted by Crippen LogP contribution is -2.55. The predicted molar refractivity (Wildman–Crippen MR) is 51.7 cm³/mol. The molecule has 1 aromatic rings. The van der Waals surface area contributed by atoms with E-state index < -0.39 is 0 Å². The minimum absolute atomic E-state index is 0.500. The van der Waals surface area contributed by atoms with Crippen LogP contribution in [0.5, 0.6) is 0 Å². The van der Waals surface area contributed by atoms with E-state index in [-0.39, 0.29) is 0 Å². The molecule has 2 N–H and O–H groups in total. The Bertz CT molecular complexity index is 245. The molecule has 2 atom stereocenters. The number of furan rings is 1. The molecule has 3 heteroatoms. The van der Waals surface area contributed by atoms with Gasteiger partial charge in [-0.2, -0.15) is 0 Å². The van der Waals surface area contributed by atoms with Crippen molar-refractivity contribution in [2.45, 2.75) is 25.4 Å². The predicted octanol–water partition coefficient (Wildman–Crippen LogP) is 0.772. The van der Waals surface area contributed by atoms with Crippen molar-refractivity contribution in [2.24, 2.45) is 0 Å². The fourth-order valence-corrected chi connectivity index (χ4v) is 1.77. The van der Waals surface area contributed by atoms with E-state index in [1.54, 1.807) is 6.26 Å². The van der Waals surface area contributed by atoms with Crippen molar-refractivity contribution in [2.75, 3.05) is 13.1 Å². The minimum Gasteiger partial charge on any atom is -0.469 e. The summed E-state index contributed by atoms with van der Waals surface area (Å²) in [6.45, 7) is 4.32. The van der Waals surface area contributed by atoms with Crippen molar-refractivity contribution in [3.63, 3.8) is 0 Å². The van der Waals surface area contributed by atoms with Crippen LogP contribution in [0.15, 0.2) is 22.8 Å². The first-order chi connectivity index (χ1) is 6.36. The maximum Gasteiger partial charge on any atom is 0.105 e. The van der Waals surface area contributed by atoms with Crippen molar-refractivity contribution in [1.82, 2.24) is 10.6 Å². The van der Waals surface area contributed by atoms with Gasteiger partial charge in [-0.1, -0.05) is 0 Å². The zero-order valence-electron chi connectivity index (χ0n) is 7.92. The Kier molecular flexibility index (Phi) is 2.66. The van der Waals surface area contributed by atoms with Gasteiger partial charge in [-0.15, -0.1) is 0 Å². The summed E-state index contributed by atoms with van der Waals surface area (Å²) in [6.07, 6.45) is 2.71. The third-order valence-electron chi connectivity index (χ3n) is 2.60. The first-order valence-electron chi connectivity index (χ1n) is 4.85. The Morgan fingerprint density at radius 2 is 2.31 bits per heavy atom. The first kappa shape index (κ1) is 8.78. The van der Waals surface area contributed by atoms with Crippen molar-refractivity contribution in [3.05, 3.63) is 24.2 Å². The largest absolute Gasteiger partial charge is 0.469 e. The number of hydrogen-bond acceptors (Lipinski definition) is 3. The van der Waals surface area contributed by atoms with E-state index in [0.717, 1.165) is 25.3 Å². The number of rotatable bonds is 2. The lowest BCUT2D eigenvalue weighted by Gasteiger charge is -2.30. The van der Waals surface area contributed by atoms with Gasteiger partial charge in [-0.25, -0.2) is 0 Å². The molecule has 0 bridgehead atoms. The van der Waals surface area contributed by atoms with Crippen LogP contribution in [0, 0.1) is 0 Å². The monoisotopic (exact) mass is 180 g/mol. The molecule has 1 aliphatic heterocycles. The number of nitrogens with one attached hydrogen (secondary N) is 2. The second-order valence-electron chi connectivity index (χ2n) is 3.59. The van der Waals surface area contributed by atoms with Crippen LogP contribution in [0.3, 0.4) is 0 Å². The molecular formula is C10H16N2O. The van der Waals surface area contributed by atoms with E-state index in [0.29, 0.717) is 12.1 Å².